The van der Waals surface area contributed by atoms with Gasteiger partial charge in [0.2, 0.25) is 11.8 Å². The molecule has 0 N–H and O–H groups in total. The Kier molecular flexibility index (Phi) is 7.91. The van der Waals surface area contributed by atoms with E-state index in [1.165, 1.54) is 0 Å². The van der Waals surface area contributed by atoms with Crippen LogP contribution in [-0.2, 0) is 20.9 Å². The van der Waals surface area contributed by atoms with Crippen LogP contribution in [0.4, 0.5) is 0 Å². The second-order valence-electron chi connectivity index (χ2n) is 8.68. The maximum absolute atomic E-state index is 13.1. The van der Waals surface area contributed by atoms with Gasteiger partial charge >= 0.3 is 0 Å². The summed E-state index contributed by atoms with van der Waals surface area (Å²) in [5, 5.41) is 0. The molecule has 1 aromatic rings. The summed E-state index contributed by atoms with van der Waals surface area (Å²) in [4.78, 5) is 29.6. The number of ether oxygens (including phenoxy) is 2. The Balaban J connectivity index is 1.71. The average molecular weight is 415 g/mol. The van der Waals surface area contributed by atoms with Gasteiger partial charge in [-0.15, -0.1) is 0 Å². The lowest BCUT2D eigenvalue weighted by atomic mass is 9.93. The summed E-state index contributed by atoms with van der Waals surface area (Å²) in [6.07, 6.45) is 6.52. The van der Waals surface area contributed by atoms with Crippen LogP contribution in [0.15, 0.2) is 36.4 Å². The van der Waals surface area contributed by atoms with E-state index in [0.29, 0.717) is 32.2 Å². The summed E-state index contributed by atoms with van der Waals surface area (Å²) < 4.78 is 11.5. The highest BCUT2D eigenvalue weighted by atomic mass is 16.5. The molecular weight excluding hydrogens is 380 g/mol. The van der Waals surface area contributed by atoms with Crippen molar-refractivity contribution in [1.29, 1.82) is 0 Å². The van der Waals surface area contributed by atoms with Crippen LogP contribution in [0, 0.1) is 11.8 Å². The zero-order valence-corrected chi connectivity index (χ0v) is 18.4. The number of carbonyl (C=O) groups excluding carboxylic acids is 2. The van der Waals surface area contributed by atoms with E-state index < -0.39 is 0 Å². The molecule has 1 fully saturated rings. The monoisotopic (exact) mass is 414 g/mol. The predicted molar refractivity (Wildman–Crippen MR) is 116 cm³/mol. The van der Waals surface area contributed by atoms with Gasteiger partial charge in [0.15, 0.2) is 0 Å². The minimum Gasteiger partial charge on any atom is -0.497 e. The molecule has 2 aliphatic rings. The summed E-state index contributed by atoms with van der Waals surface area (Å²) in [5.74, 6) is 1.21. The summed E-state index contributed by atoms with van der Waals surface area (Å²) in [7, 11) is 1.64. The molecule has 164 valence electrons. The molecule has 1 saturated heterocycles. The van der Waals surface area contributed by atoms with Crippen LogP contribution in [0.1, 0.15) is 38.7 Å². The quantitative estimate of drug-likeness (QED) is 0.643. The van der Waals surface area contributed by atoms with Crippen LogP contribution in [-0.4, -0.2) is 61.0 Å². The number of rotatable bonds is 7. The van der Waals surface area contributed by atoms with Gasteiger partial charge in [-0.1, -0.05) is 38.1 Å². The molecule has 0 unspecified atom stereocenters. The maximum atomic E-state index is 13.1. The van der Waals surface area contributed by atoms with Crippen molar-refractivity contribution in [1.82, 2.24) is 9.80 Å². The lowest BCUT2D eigenvalue weighted by Crippen LogP contribution is -2.43. The van der Waals surface area contributed by atoms with Crippen molar-refractivity contribution < 1.29 is 19.1 Å². The van der Waals surface area contributed by atoms with Gasteiger partial charge in [-0.25, -0.2) is 0 Å². The molecule has 0 spiro atoms. The molecule has 3 rings (SSSR count). The fourth-order valence-corrected chi connectivity index (χ4v) is 4.12. The van der Waals surface area contributed by atoms with Crippen molar-refractivity contribution in [3.8, 4) is 5.75 Å². The Bertz CT molecular complexity index is 761. The van der Waals surface area contributed by atoms with Crippen molar-refractivity contribution in [3.05, 3.63) is 42.0 Å². The van der Waals surface area contributed by atoms with Crippen LogP contribution >= 0.6 is 0 Å². The van der Waals surface area contributed by atoms with E-state index >= 15 is 0 Å². The van der Waals surface area contributed by atoms with E-state index in [4.69, 9.17) is 9.47 Å². The van der Waals surface area contributed by atoms with Crippen molar-refractivity contribution in [3.63, 3.8) is 0 Å². The molecule has 2 atom stereocenters. The Hall–Kier alpha value is -2.34. The van der Waals surface area contributed by atoms with E-state index in [-0.39, 0.29) is 30.4 Å². The Morgan fingerprint density at radius 2 is 2.07 bits per heavy atom. The summed E-state index contributed by atoms with van der Waals surface area (Å²) in [5.41, 5.74) is 1.01. The SMILES string of the molecule is COc1cccc(CO[C@@H]2CN(CC(C)C)C(=O)CN(C(=O)[C@H]3CC=CCC3)C2)c1. The minimum absolute atomic E-state index is 0.0101. The second kappa shape index (κ2) is 10.6. The highest BCUT2D eigenvalue weighted by Crippen LogP contribution is 2.23. The van der Waals surface area contributed by atoms with E-state index in [1.54, 1.807) is 12.0 Å². The zero-order chi connectivity index (χ0) is 21.5. The van der Waals surface area contributed by atoms with Gasteiger partial charge in [-0.2, -0.15) is 0 Å². The first-order chi connectivity index (χ1) is 14.5. The predicted octanol–water partition coefficient (Wildman–Crippen LogP) is 3.26. The molecule has 30 heavy (non-hydrogen) atoms. The number of hydrogen-bond acceptors (Lipinski definition) is 4. The number of carbonyl (C=O) groups is 2. The fraction of sp³-hybridized carbons (Fsp3) is 0.583. The Morgan fingerprint density at radius 3 is 2.77 bits per heavy atom. The lowest BCUT2D eigenvalue weighted by Gasteiger charge is -2.28. The third-order valence-corrected chi connectivity index (χ3v) is 5.66. The molecule has 6 nitrogen and oxygen atoms in total. The van der Waals surface area contributed by atoms with Crippen molar-refractivity contribution in [2.75, 3.05) is 33.3 Å². The third-order valence-electron chi connectivity index (χ3n) is 5.66. The number of benzene rings is 1. The normalized spacial score (nSPS) is 22.3. The van der Waals surface area contributed by atoms with Gasteiger partial charge in [-0.3, -0.25) is 9.59 Å². The Labute approximate surface area is 179 Å². The highest BCUT2D eigenvalue weighted by Gasteiger charge is 2.33. The molecule has 0 aromatic heterocycles. The first kappa shape index (κ1) is 22.3. The lowest BCUT2D eigenvalue weighted by molar-refractivity contribution is -0.141. The summed E-state index contributed by atoms with van der Waals surface area (Å²) in [6.45, 7) is 6.39. The van der Waals surface area contributed by atoms with Crippen molar-refractivity contribution in [2.45, 2.75) is 45.8 Å². The number of nitrogens with zero attached hydrogens (tertiary/aromatic N) is 2. The number of methoxy groups -OCH3 is 1. The smallest absolute Gasteiger partial charge is 0.242 e. The zero-order valence-electron chi connectivity index (χ0n) is 18.4. The molecule has 0 bridgehead atoms. The van der Waals surface area contributed by atoms with Crippen LogP contribution in [0.3, 0.4) is 0 Å². The van der Waals surface area contributed by atoms with Gasteiger partial charge in [0.1, 0.15) is 5.75 Å². The van der Waals surface area contributed by atoms with E-state index in [0.717, 1.165) is 30.6 Å². The van der Waals surface area contributed by atoms with Crippen LogP contribution in [0.2, 0.25) is 0 Å². The van der Waals surface area contributed by atoms with Crippen molar-refractivity contribution >= 4 is 11.8 Å². The van der Waals surface area contributed by atoms with E-state index in [9.17, 15) is 9.59 Å². The van der Waals surface area contributed by atoms with E-state index in [2.05, 4.69) is 26.0 Å². The fourth-order valence-electron chi connectivity index (χ4n) is 4.12. The minimum atomic E-state index is -0.218. The summed E-state index contributed by atoms with van der Waals surface area (Å²) >= 11 is 0. The third kappa shape index (κ3) is 6.08. The molecule has 0 saturated carbocycles. The second-order valence-corrected chi connectivity index (χ2v) is 8.68. The first-order valence-corrected chi connectivity index (χ1v) is 10.9. The largest absolute Gasteiger partial charge is 0.497 e. The van der Waals surface area contributed by atoms with Crippen LogP contribution in [0.25, 0.3) is 0 Å². The van der Waals surface area contributed by atoms with Crippen LogP contribution < -0.4 is 4.74 Å². The maximum Gasteiger partial charge on any atom is 0.242 e. The van der Waals surface area contributed by atoms with Gasteiger partial charge in [0, 0.05) is 25.6 Å². The Morgan fingerprint density at radius 1 is 1.23 bits per heavy atom. The molecule has 1 aromatic carbocycles. The number of amides is 2. The van der Waals surface area contributed by atoms with Gasteiger partial charge in [0.25, 0.3) is 0 Å². The molecule has 2 amide bonds. The average Bonchev–Trinajstić information content (AvgIpc) is 2.91. The highest BCUT2D eigenvalue weighted by molar-refractivity contribution is 5.86. The van der Waals surface area contributed by atoms with Gasteiger partial charge < -0.3 is 19.3 Å². The first-order valence-electron chi connectivity index (χ1n) is 10.9. The molecule has 1 aliphatic carbocycles. The van der Waals surface area contributed by atoms with Crippen molar-refractivity contribution in [2.24, 2.45) is 11.8 Å². The molecule has 6 heteroatoms. The molecule has 1 heterocycles. The standard InChI is InChI=1S/C24H34N2O4/c1-18(2)13-25-14-22(30-17-19-8-7-11-21(12-19)29-3)15-26(16-23(25)27)24(28)20-9-5-4-6-10-20/h4-5,7-8,11-12,18,20,22H,6,9-10,13-17H2,1-3H3/t20-,22+/m0/s1. The summed E-state index contributed by atoms with van der Waals surface area (Å²) in [6, 6.07) is 7.78. The molecule has 1 aliphatic heterocycles. The molecule has 0 radical (unpaired) electrons. The number of allylic oxidation sites excluding steroid dienone is 2. The molecular formula is C24H34N2O4. The van der Waals surface area contributed by atoms with Gasteiger partial charge in [-0.05, 0) is 42.9 Å². The number of hydrogen-bond donors (Lipinski definition) is 0. The topological polar surface area (TPSA) is 59.1 Å². The van der Waals surface area contributed by atoms with Gasteiger partial charge in [0.05, 0.1) is 26.4 Å². The van der Waals surface area contributed by atoms with E-state index in [1.807, 2.05) is 29.2 Å². The van der Waals surface area contributed by atoms with Crippen LogP contribution in [0.5, 0.6) is 5.75 Å².